The molecule has 0 heterocycles. The fourth-order valence-electron chi connectivity index (χ4n) is 1.68. The third kappa shape index (κ3) is 4.61. The number of carbonyl (C=O) groups excluding carboxylic acids is 1. The minimum absolute atomic E-state index is 0.0426. The van der Waals surface area contributed by atoms with Gasteiger partial charge in [-0.3, -0.25) is 14.9 Å². The normalized spacial score (nSPS) is 10.1. The third-order valence-electron chi connectivity index (χ3n) is 2.73. The lowest BCUT2D eigenvalue weighted by atomic mass is 10.2. The number of carbonyl (C=O) groups is 1. The summed E-state index contributed by atoms with van der Waals surface area (Å²) < 4.78 is 0. The van der Waals surface area contributed by atoms with Crippen molar-refractivity contribution in [1.29, 1.82) is 0 Å². The Balaban J connectivity index is 1.91. The van der Waals surface area contributed by atoms with Gasteiger partial charge in [0.15, 0.2) is 0 Å². The Hall–Kier alpha value is -2.34. The van der Waals surface area contributed by atoms with E-state index in [9.17, 15) is 14.9 Å². The Labute approximate surface area is 126 Å². The van der Waals surface area contributed by atoms with Crippen molar-refractivity contribution >= 4 is 29.0 Å². The van der Waals surface area contributed by atoms with E-state index in [0.29, 0.717) is 5.69 Å². The molecule has 1 amide bonds. The Morgan fingerprint density at radius 3 is 2.62 bits per heavy atom. The van der Waals surface area contributed by atoms with Crippen molar-refractivity contribution in [2.45, 2.75) is 11.8 Å². The summed E-state index contributed by atoms with van der Waals surface area (Å²) >= 11 is 1.42. The zero-order valence-corrected chi connectivity index (χ0v) is 12.2. The highest BCUT2D eigenvalue weighted by molar-refractivity contribution is 8.00. The van der Waals surface area contributed by atoms with Crippen molar-refractivity contribution < 1.29 is 9.72 Å². The molecule has 1 N–H and O–H groups in total. The summed E-state index contributed by atoms with van der Waals surface area (Å²) in [5.41, 5.74) is 1.55. The zero-order valence-electron chi connectivity index (χ0n) is 11.4. The minimum atomic E-state index is -0.489. The van der Waals surface area contributed by atoms with E-state index < -0.39 is 4.92 Å². The molecule has 0 aromatic heterocycles. The van der Waals surface area contributed by atoms with Gasteiger partial charge in [-0.1, -0.05) is 23.8 Å². The minimum Gasteiger partial charge on any atom is -0.325 e. The van der Waals surface area contributed by atoms with Crippen LogP contribution in [0.5, 0.6) is 0 Å². The van der Waals surface area contributed by atoms with Gasteiger partial charge in [-0.2, -0.15) is 0 Å². The predicted molar refractivity (Wildman–Crippen MR) is 83.6 cm³/mol. The summed E-state index contributed by atoms with van der Waals surface area (Å²) in [6, 6.07) is 13.8. The first-order chi connectivity index (χ1) is 10.0. The average molecular weight is 302 g/mol. The van der Waals surface area contributed by atoms with E-state index in [1.807, 2.05) is 31.2 Å². The Kier molecular flexibility index (Phi) is 4.94. The van der Waals surface area contributed by atoms with Gasteiger partial charge in [0.1, 0.15) is 0 Å². The highest BCUT2D eigenvalue weighted by Gasteiger charge is 2.08. The van der Waals surface area contributed by atoms with Crippen LogP contribution in [0.4, 0.5) is 11.4 Å². The van der Waals surface area contributed by atoms with E-state index >= 15 is 0 Å². The number of nitro groups is 1. The molecule has 0 saturated carbocycles. The van der Waals surface area contributed by atoms with Gasteiger partial charge in [-0.05, 0) is 25.1 Å². The lowest BCUT2D eigenvalue weighted by Gasteiger charge is -2.05. The van der Waals surface area contributed by atoms with Gasteiger partial charge < -0.3 is 5.32 Å². The van der Waals surface area contributed by atoms with Gasteiger partial charge in [0.05, 0.1) is 10.7 Å². The summed E-state index contributed by atoms with van der Waals surface area (Å²) in [7, 11) is 0. The van der Waals surface area contributed by atoms with Crippen molar-refractivity contribution in [1.82, 2.24) is 0 Å². The van der Waals surface area contributed by atoms with Crippen LogP contribution in [0.2, 0.25) is 0 Å². The number of hydrogen-bond donors (Lipinski definition) is 1. The molecule has 21 heavy (non-hydrogen) atoms. The summed E-state index contributed by atoms with van der Waals surface area (Å²) in [6.45, 7) is 2.00. The molecule has 0 unspecified atom stereocenters. The first kappa shape index (κ1) is 15.1. The standard InChI is InChI=1S/C15H14N2O3S/c1-11-5-7-14(8-6-11)21-10-15(18)16-12-3-2-4-13(9-12)17(19)20/h2-9H,10H2,1H3,(H,16,18). The number of non-ortho nitro benzene ring substituents is 1. The second-order valence-corrected chi connectivity index (χ2v) is 5.51. The first-order valence-corrected chi connectivity index (χ1v) is 7.27. The number of thioether (sulfide) groups is 1. The Morgan fingerprint density at radius 1 is 1.24 bits per heavy atom. The monoisotopic (exact) mass is 302 g/mol. The molecule has 2 aromatic rings. The Morgan fingerprint density at radius 2 is 1.95 bits per heavy atom. The molecule has 0 radical (unpaired) electrons. The van der Waals surface area contributed by atoms with Crippen LogP contribution in [-0.2, 0) is 4.79 Å². The van der Waals surface area contributed by atoms with Crippen LogP contribution in [0.15, 0.2) is 53.4 Å². The molecule has 0 fully saturated rings. The summed E-state index contributed by atoms with van der Waals surface area (Å²) in [5, 5.41) is 13.3. The predicted octanol–water partition coefficient (Wildman–Crippen LogP) is 3.63. The van der Waals surface area contributed by atoms with Crippen LogP contribution in [0.3, 0.4) is 0 Å². The smallest absolute Gasteiger partial charge is 0.271 e. The van der Waals surface area contributed by atoms with Crippen LogP contribution in [0.1, 0.15) is 5.56 Å². The largest absolute Gasteiger partial charge is 0.325 e. The lowest BCUT2D eigenvalue weighted by molar-refractivity contribution is -0.384. The number of aryl methyl sites for hydroxylation is 1. The average Bonchev–Trinajstić information content (AvgIpc) is 2.47. The number of hydrogen-bond acceptors (Lipinski definition) is 4. The summed E-state index contributed by atoms with van der Waals surface area (Å²) in [5.74, 6) is 0.0623. The molecule has 0 spiro atoms. The van der Waals surface area contributed by atoms with E-state index in [2.05, 4.69) is 5.32 Å². The van der Waals surface area contributed by atoms with Crippen molar-refractivity contribution in [3.63, 3.8) is 0 Å². The van der Waals surface area contributed by atoms with Gasteiger partial charge in [-0.25, -0.2) is 0 Å². The SMILES string of the molecule is Cc1ccc(SCC(=O)Nc2cccc([N+](=O)[O-])c2)cc1. The number of anilines is 1. The highest BCUT2D eigenvalue weighted by Crippen LogP contribution is 2.20. The van der Waals surface area contributed by atoms with E-state index in [4.69, 9.17) is 0 Å². The first-order valence-electron chi connectivity index (χ1n) is 6.28. The molecule has 2 rings (SSSR count). The second kappa shape index (κ2) is 6.90. The topological polar surface area (TPSA) is 72.2 Å². The lowest BCUT2D eigenvalue weighted by Crippen LogP contribution is -2.14. The van der Waals surface area contributed by atoms with Crippen molar-refractivity contribution in [3.8, 4) is 0 Å². The fourth-order valence-corrected chi connectivity index (χ4v) is 2.38. The number of amides is 1. The second-order valence-electron chi connectivity index (χ2n) is 4.46. The van der Waals surface area contributed by atoms with Gasteiger partial charge in [0.2, 0.25) is 5.91 Å². The molecule has 6 heteroatoms. The van der Waals surface area contributed by atoms with Crippen LogP contribution < -0.4 is 5.32 Å². The Bertz CT molecular complexity index is 656. The molecule has 108 valence electrons. The maximum Gasteiger partial charge on any atom is 0.271 e. The highest BCUT2D eigenvalue weighted by atomic mass is 32.2. The number of nitrogens with zero attached hydrogens (tertiary/aromatic N) is 1. The zero-order chi connectivity index (χ0) is 15.2. The molecular weight excluding hydrogens is 288 g/mol. The number of rotatable bonds is 5. The van der Waals surface area contributed by atoms with Gasteiger partial charge in [0, 0.05) is 22.7 Å². The fraction of sp³-hybridized carbons (Fsp3) is 0.133. The van der Waals surface area contributed by atoms with Crippen LogP contribution >= 0.6 is 11.8 Å². The molecule has 0 bridgehead atoms. The molecule has 0 saturated heterocycles. The van der Waals surface area contributed by atoms with Crippen molar-refractivity contribution in [2.24, 2.45) is 0 Å². The van der Waals surface area contributed by atoms with Gasteiger partial charge in [-0.15, -0.1) is 11.8 Å². The summed E-state index contributed by atoms with van der Waals surface area (Å²) in [4.78, 5) is 23.0. The maximum absolute atomic E-state index is 11.8. The quantitative estimate of drug-likeness (QED) is 0.520. The maximum atomic E-state index is 11.8. The molecule has 2 aromatic carbocycles. The number of nitro benzene ring substituents is 1. The third-order valence-corrected chi connectivity index (χ3v) is 3.74. The number of benzene rings is 2. The van der Waals surface area contributed by atoms with Crippen molar-refractivity contribution in [3.05, 3.63) is 64.2 Å². The van der Waals surface area contributed by atoms with E-state index in [-0.39, 0.29) is 17.3 Å². The van der Waals surface area contributed by atoms with Crippen molar-refractivity contribution in [2.75, 3.05) is 11.1 Å². The molecule has 0 aliphatic carbocycles. The van der Waals surface area contributed by atoms with E-state index in [1.165, 1.54) is 29.5 Å². The van der Waals surface area contributed by atoms with Crippen LogP contribution in [0, 0.1) is 17.0 Å². The molecule has 5 nitrogen and oxygen atoms in total. The molecular formula is C15H14N2O3S. The molecule has 0 aliphatic rings. The molecule has 0 atom stereocenters. The van der Waals surface area contributed by atoms with Crippen LogP contribution in [-0.4, -0.2) is 16.6 Å². The molecule has 0 aliphatic heterocycles. The van der Waals surface area contributed by atoms with Gasteiger partial charge in [0.25, 0.3) is 5.69 Å². The summed E-state index contributed by atoms with van der Waals surface area (Å²) in [6.07, 6.45) is 0. The number of nitrogens with one attached hydrogen (secondary N) is 1. The van der Waals surface area contributed by atoms with Crippen LogP contribution in [0.25, 0.3) is 0 Å². The van der Waals surface area contributed by atoms with E-state index in [0.717, 1.165) is 4.90 Å². The van der Waals surface area contributed by atoms with Gasteiger partial charge >= 0.3 is 0 Å². The van der Waals surface area contributed by atoms with E-state index in [1.54, 1.807) is 12.1 Å².